The first-order valence-electron chi connectivity index (χ1n) is 14.9. The number of alkyl halides is 3. The van der Waals surface area contributed by atoms with Gasteiger partial charge in [-0.15, -0.1) is 11.3 Å². The van der Waals surface area contributed by atoms with Crippen LogP contribution in [0, 0.1) is 30.1 Å². The second-order valence-corrected chi connectivity index (χ2v) is 14.8. The van der Waals surface area contributed by atoms with Crippen molar-refractivity contribution in [3.8, 4) is 5.75 Å². The minimum atomic E-state index is -5.07. The third-order valence-electron chi connectivity index (χ3n) is 9.75. The van der Waals surface area contributed by atoms with Crippen LogP contribution >= 0.6 is 11.3 Å². The number of oxime groups is 1. The number of benzene rings is 1. The number of hydrogen-bond donors (Lipinski definition) is 1. The van der Waals surface area contributed by atoms with Gasteiger partial charge in [-0.3, -0.25) is 4.79 Å². The van der Waals surface area contributed by atoms with E-state index in [9.17, 15) is 22.8 Å². The summed E-state index contributed by atoms with van der Waals surface area (Å²) in [4.78, 5) is 35.2. The summed E-state index contributed by atoms with van der Waals surface area (Å²) < 4.78 is 44.3. The Bertz CT molecular complexity index is 1430. The summed E-state index contributed by atoms with van der Waals surface area (Å²) in [6.07, 6.45) is 1.90. The van der Waals surface area contributed by atoms with Crippen LogP contribution in [0.3, 0.4) is 0 Å². The average Bonchev–Trinajstić information content (AvgIpc) is 3.45. The molecule has 5 atom stereocenters. The van der Waals surface area contributed by atoms with Crippen LogP contribution in [0.1, 0.15) is 93.7 Å². The first kappa shape index (κ1) is 31.5. The smallest absolute Gasteiger partial charge is 0.420 e. The Hall–Kier alpha value is -2.95. The molecule has 1 heterocycles. The number of hydrogen-bond acceptors (Lipinski definition) is 7. The Morgan fingerprint density at radius 2 is 1.95 bits per heavy atom. The molecule has 1 N–H and O–H groups in total. The van der Waals surface area contributed by atoms with Gasteiger partial charge >= 0.3 is 12.1 Å². The van der Waals surface area contributed by atoms with Crippen molar-refractivity contribution in [3.63, 3.8) is 0 Å². The summed E-state index contributed by atoms with van der Waals surface area (Å²) in [5.74, 6) is -1.20. The normalized spacial score (nSPS) is 27.7. The predicted molar refractivity (Wildman–Crippen MR) is 159 cm³/mol. The third-order valence-corrected chi connectivity index (χ3v) is 10.6. The molecule has 1 amide bonds. The van der Waals surface area contributed by atoms with Crippen LogP contribution in [0.4, 0.5) is 18.3 Å². The van der Waals surface area contributed by atoms with E-state index >= 15 is 0 Å². The highest BCUT2D eigenvalue weighted by atomic mass is 32.1. The second-order valence-electron chi connectivity index (χ2n) is 13.5. The molecule has 3 aliphatic rings. The molecule has 0 saturated heterocycles. The topological polar surface area (TPSA) is 89.9 Å². The van der Waals surface area contributed by atoms with Crippen LogP contribution in [0.2, 0.25) is 0 Å². The molecule has 43 heavy (non-hydrogen) atoms. The van der Waals surface area contributed by atoms with Gasteiger partial charge in [0.1, 0.15) is 12.9 Å². The zero-order chi connectivity index (χ0) is 31.3. The van der Waals surface area contributed by atoms with Crippen molar-refractivity contribution in [2.75, 3.05) is 12.4 Å². The molecule has 0 aliphatic heterocycles. The molecule has 1 aromatic carbocycles. The number of carbonyl (C=O) groups is 2. The third kappa shape index (κ3) is 6.19. The molecular weight excluding hydrogens is 579 g/mol. The average molecular weight is 620 g/mol. The maximum atomic E-state index is 13.1. The fourth-order valence-electron chi connectivity index (χ4n) is 7.94. The van der Waals surface area contributed by atoms with E-state index in [1.165, 1.54) is 11.3 Å². The van der Waals surface area contributed by atoms with E-state index in [0.717, 1.165) is 53.8 Å². The van der Waals surface area contributed by atoms with E-state index in [0.29, 0.717) is 29.5 Å². The number of carbonyl (C=O) groups excluding carboxylic acids is 2. The van der Waals surface area contributed by atoms with Crippen molar-refractivity contribution in [3.05, 3.63) is 39.9 Å². The summed E-state index contributed by atoms with van der Waals surface area (Å²) in [6.45, 7) is 9.97. The molecule has 2 fully saturated rings. The fraction of sp³-hybridized carbons (Fsp3) is 0.625. The molecule has 0 radical (unpaired) electrons. The highest BCUT2D eigenvalue weighted by Gasteiger charge is 2.58. The zero-order valence-electron chi connectivity index (χ0n) is 25.6. The highest BCUT2D eigenvalue weighted by molar-refractivity contribution is 7.15. The number of aryl methyl sites for hydroxylation is 2. The molecule has 2 aromatic rings. The van der Waals surface area contributed by atoms with Crippen LogP contribution in [-0.4, -0.2) is 35.9 Å². The Morgan fingerprint density at radius 1 is 1.21 bits per heavy atom. The van der Waals surface area contributed by atoms with Gasteiger partial charge in [-0.1, -0.05) is 38.9 Å². The molecular formula is C32H40F3N3O4S. The van der Waals surface area contributed by atoms with E-state index in [4.69, 9.17) is 9.57 Å². The minimum Gasteiger partial charge on any atom is -0.420 e. The second kappa shape index (κ2) is 11.5. The summed E-state index contributed by atoms with van der Waals surface area (Å²) >= 11 is 1.45. The number of amides is 1. The number of nitrogens with zero attached hydrogens (tertiary/aromatic N) is 2. The molecule has 3 aliphatic carbocycles. The molecule has 2 saturated carbocycles. The molecule has 1 aromatic heterocycles. The predicted octanol–water partition coefficient (Wildman–Crippen LogP) is 7.72. The number of anilines is 1. The molecule has 0 bridgehead atoms. The molecule has 0 spiro atoms. The highest BCUT2D eigenvalue weighted by Crippen LogP contribution is 2.63. The Balaban J connectivity index is 1.44. The number of fused-ring (bicyclic) bond motifs is 5. The van der Waals surface area contributed by atoms with E-state index < -0.39 is 17.6 Å². The van der Waals surface area contributed by atoms with Crippen molar-refractivity contribution in [2.45, 2.75) is 97.1 Å². The number of ether oxygens (including phenoxy) is 1. The summed E-state index contributed by atoms with van der Waals surface area (Å²) in [5.41, 5.74) is 3.04. The van der Waals surface area contributed by atoms with Crippen LogP contribution in [0.15, 0.2) is 23.5 Å². The van der Waals surface area contributed by atoms with Crippen LogP contribution in [0.25, 0.3) is 0 Å². The maximum absolute atomic E-state index is 13.1. The van der Waals surface area contributed by atoms with Gasteiger partial charge in [-0.05, 0) is 91.7 Å². The van der Waals surface area contributed by atoms with Gasteiger partial charge in [0, 0.05) is 28.5 Å². The summed E-state index contributed by atoms with van der Waals surface area (Å²) in [6, 6.07) is 3.66. The van der Waals surface area contributed by atoms with E-state index in [2.05, 4.69) is 22.4 Å². The number of nitrogens with one attached hydrogen (secondary N) is 1. The maximum Gasteiger partial charge on any atom is 0.491 e. The molecule has 3 unspecified atom stereocenters. The Labute approximate surface area is 254 Å². The molecule has 7 nitrogen and oxygen atoms in total. The van der Waals surface area contributed by atoms with Crippen molar-refractivity contribution in [2.24, 2.45) is 28.3 Å². The van der Waals surface area contributed by atoms with Gasteiger partial charge in [0.2, 0.25) is 5.91 Å². The molecule has 11 heteroatoms. The fourth-order valence-corrected chi connectivity index (χ4v) is 8.62. The van der Waals surface area contributed by atoms with Crippen molar-refractivity contribution in [1.82, 2.24) is 4.98 Å². The van der Waals surface area contributed by atoms with Crippen LogP contribution in [0.5, 0.6) is 5.75 Å². The Kier molecular flexibility index (Phi) is 8.43. The lowest BCUT2D eigenvalue weighted by molar-refractivity contribution is -0.189. The first-order chi connectivity index (χ1) is 20.1. The first-order valence-corrected chi connectivity index (χ1v) is 15.7. The van der Waals surface area contributed by atoms with Gasteiger partial charge in [0.25, 0.3) is 0 Å². The zero-order valence-corrected chi connectivity index (χ0v) is 26.4. The number of thiazole rings is 1. The number of halogens is 3. The lowest BCUT2D eigenvalue weighted by atomic mass is 9.53. The van der Waals surface area contributed by atoms with Crippen molar-refractivity contribution in [1.29, 1.82) is 0 Å². The van der Waals surface area contributed by atoms with Crippen LogP contribution < -0.4 is 10.1 Å². The summed E-state index contributed by atoms with van der Waals surface area (Å²) in [5, 5.41) is 8.02. The van der Waals surface area contributed by atoms with Gasteiger partial charge in [-0.2, -0.15) is 13.2 Å². The quantitative estimate of drug-likeness (QED) is 0.203. The minimum absolute atomic E-state index is 0.0117. The lowest BCUT2D eigenvalue weighted by Crippen LogP contribution is -2.44. The number of rotatable bonds is 6. The van der Waals surface area contributed by atoms with Gasteiger partial charge < -0.3 is 14.9 Å². The van der Waals surface area contributed by atoms with E-state index in [1.54, 1.807) is 19.4 Å². The Morgan fingerprint density at radius 3 is 2.58 bits per heavy atom. The number of esters is 1. The van der Waals surface area contributed by atoms with Crippen LogP contribution in [-0.2, 0) is 26.3 Å². The monoisotopic (exact) mass is 619 g/mol. The van der Waals surface area contributed by atoms with Gasteiger partial charge in [0.05, 0.1) is 5.71 Å². The molecule has 5 rings (SSSR count). The van der Waals surface area contributed by atoms with E-state index in [-0.39, 0.29) is 34.8 Å². The largest absolute Gasteiger partial charge is 0.491 e. The molecule has 234 valence electrons. The SMILES string of the molecule is CON=C1C[C@@H](CCC(=O)Nc2ncc(C)s2)C2C3CCc4cc(OC(=O)C(F)(F)F)c(C(C)(C)C)cc4C3CC[C@]12C. The standard InChI is InChI=1S/C32H40F3N3O4S/c1-17-16-36-29(43-17)37-26(39)10-8-19-14-25(38-41-6)31(5)12-11-20-21(27(19)31)9-7-18-13-24(42-28(40)32(33,34)35)23(15-22(18)20)30(2,3)4/h13,15-16,19-21,27H,7-12,14H2,1-6H3,(H,36,37,39)/t19-,20?,21?,27?,31-/m1/s1. The van der Waals surface area contributed by atoms with Crippen molar-refractivity contribution < 1.29 is 32.3 Å². The van der Waals surface area contributed by atoms with Crippen molar-refractivity contribution >= 4 is 34.1 Å². The van der Waals surface area contributed by atoms with E-state index in [1.807, 2.05) is 33.8 Å². The van der Waals surface area contributed by atoms with Gasteiger partial charge in [-0.25, -0.2) is 9.78 Å². The summed E-state index contributed by atoms with van der Waals surface area (Å²) in [7, 11) is 1.57. The number of aromatic nitrogens is 1. The lowest BCUT2D eigenvalue weighted by Gasteiger charge is -2.50. The van der Waals surface area contributed by atoms with Gasteiger partial charge in [0.15, 0.2) is 5.13 Å².